The maximum atomic E-state index is 11.5. The van der Waals surface area contributed by atoms with Gasteiger partial charge in [-0.3, -0.25) is 0 Å². The van der Waals surface area contributed by atoms with Crippen LogP contribution in [0.3, 0.4) is 0 Å². The third-order valence-electron chi connectivity index (χ3n) is 2.09. The predicted molar refractivity (Wildman–Crippen MR) is 62.6 cm³/mol. The highest BCUT2D eigenvalue weighted by molar-refractivity contribution is 5.89. The van der Waals surface area contributed by atoms with E-state index in [1.807, 2.05) is 26.8 Å². The van der Waals surface area contributed by atoms with Crippen LogP contribution in [0.4, 0.5) is 0 Å². The van der Waals surface area contributed by atoms with Gasteiger partial charge < -0.3 is 4.74 Å². The van der Waals surface area contributed by atoms with E-state index in [0.717, 1.165) is 19.3 Å². The van der Waals surface area contributed by atoms with Gasteiger partial charge in [-0.15, -0.1) is 5.73 Å². The van der Waals surface area contributed by atoms with Crippen molar-refractivity contribution in [3.8, 4) is 0 Å². The molecule has 2 nitrogen and oxygen atoms in total. The highest BCUT2D eigenvalue weighted by Gasteiger charge is 2.23. The summed E-state index contributed by atoms with van der Waals surface area (Å²) in [6, 6.07) is 0. The molecule has 2 heteroatoms. The molecule has 15 heavy (non-hydrogen) atoms. The van der Waals surface area contributed by atoms with Gasteiger partial charge >= 0.3 is 5.97 Å². The maximum Gasteiger partial charge on any atom is 0.342 e. The average molecular weight is 210 g/mol. The van der Waals surface area contributed by atoms with Crippen LogP contribution >= 0.6 is 0 Å². The molecule has 0 aromatic heterocycles. The number of unbranched alkanes of at least 4 members (excludes halogenated alkanes) is 2. The van der Waals surface area contributed by atoms with Crippen LogP contribution in [-0.4, -0.2) is 13.1 Å². The molecular formula is C13H22O2. The monoisotopic (exact) mass is 210 g/mol. The Morgan fingerprint density at radius 2 is 2.00 bits per heavy atom. The molecular weight excluding hydrogens is 188 g/mol. The first-order valence-corrected chi connectivity index (χ1v) is 5.47. The van der Waals surface area contributed by atoms with Crippen LogP contribution in [0, 0.1) is 5.41 Å². The Labute approximate surface area is 93.0 Å². The van der Waals surface area contributed by atoms with Gasteiger partial charge in [0.05, 0.1) is 12.7 Å². The molecule has 0 unspecified atom stereocenters. The lowest BCUT2D eigenvalue weighted by Crippen LogP contribution is -2.18. The number of rotatable bonds is 4. The Bertz CT molecular complexity index is 263. The molecule has 0 amide bonds. The van der Waals surface area contributed by atoms with E-state index in [4.69, 9.17) is 4.74 Å². The summed E-state index contributed by atoms with van der Waals surface area (Å²) in [5, 5.41) is 0. The van der Waals surface area contributed by atoms with E-state index >= 15 is 0 Å². The van der Waals surface area contributed by atoms with Crippen LogP contribution in [0.1, 0.15) is 47.0 Å². The summed E-state index contributed by atoms with van der Waals surface area (Å²) in [5.41, 5.74) is 3.46. The fourth-order valence-electron chi connectivity index (χ4n) is 1.16. The Morgan fingerprint density at radius 1 is 1.40 bits per heavy atom. The molecule has 0 spiro atoms. The van der Waals surface area contributed by atoms with Gasteiger partial charge in [-0.05, 0) is 18.9 Å². The van der Waals surface area contributed by atoms with Crippen molar-refractivity contribution in [3.63, 3.8) is 0 Å². The van der Waals surface area contributed by atoms with E-state index in [1.165, 1.54) is 7.11 Å². The summed E-state index contributed by atoms with van der Waals surface area (Å²) in [5.74, 6) is -0.282. The second-order valence-electron chi connectivity index (χ2n) is 4.61. The third kappa shape index (κ3) is 5.44. The molecule has 0 saturated heterocycles. The Hall–Kier alpha value is -1.01. The Balaban J connectivity index is 4.79. The van der Waals surface area contributed by atoms with Crippen LogP contribution in [0.25, 0.3) is 0 Å². The van der Waals surface area contributed by atoms with Crippen molar-refractivity contribution in [1.29, 1.82) is 0 Å². The van der Waals surface area contributed by atoms with Crippen molar-refractivity contribution in [1.82, 2.24) is 0 Å². The van der Waals surface area contributed by atoms with Crippen molar-refractivity contribution in [2.75, 3.05) is 7.11 Å². The van der Waals surface area contributed by atoms with Gasteiger partial charge in [0, 0.05) is 5.41 Å². The molecule has 0 radical (unpaired) electrons. The first kappa shape index (κ1) is 14.0. The number of esters is 1. The van der Waals surface area contributed by atoms with Gasteiger partial charge in [0.1, 0.15) is 0 Å². The largest absolute Gasteiger partial charge is 0.465 e. The molecule has 86 valence electrons. The van der Waals surface area contributed by atoms with Gasteiger partial charge in [-0.25, -0.2) is 4.79 Å². The van der Waals surface area contributed by atoms with E-state index in [2.05, 4.69) is 12.7 Å². The molecule has 0 atom stereocenters. The minimum Gasteiger partial charge on any atom is -0.465 e. The van der Waals surface area contributed by atoms with Crippen LogP contribution < -0.4 is 0 Å². The minimum absolute atomic E-state index is 0.212. The first-order chi connectivity index (χ1) is 6.93. The Kier molecular flexibility index (Phi) is 6.03. The lowest BCUT2D eigenvalue weighted by Gasteiger charge is -2.18. The molecule has 0 aromatic rings. The minimum atomic E-state index is -0.282. The SMILES string of the molecule is CCCCC=C=C(C(=O)OC)C(C)(C)C. The molecule has 0 aromatic carbocycles. The molecule has 0 heterocycles. The van der Waals surface area contributed by atoms with Crippen LogP contribution in [0.2, 0.25) is 0 Å². The quantitative estimate of drug-likeness (QED) is 0.307. The lowest BCUT2D eigenvalue weighted by atomic mass is 9.87. The number of ether oxygens (including phenoxy) is 1. The van der Waals surface area contributed by atoms with Gasteiger partial charge in [0.2, 0.25) is 0 Å². The highest BCUT2D eigenvalue weighted by Crippen LogP contribution is 2.25. The fraction of sp³-hybridized carbons (Fsp3) is 0.692. The second kappa shape index (κ2) is 6.47. The zero-order chi connectivity index (χ0) is 11.9. The van der Waals surface area contributed by atoms with Crippen molar-refractivity contribution >= 4 is 5.97 Å². The molecule has 0 aliphatic heterocycles. The van der Waals surface area contributed by atoms with E-state index in [9.17, 15) is 4.79 Å². The van der Waals surface area contributed by atoms with E-state index in [-0.39, 0.29) is 11.4 Å². The summed E-state index contributed by atoms with van der Waals surface area (Å²) < 4.78 is 4.74. The molecule has 0 aliphatic rings. The normalized spacial score (nSPS) is 10.5. The van der Waals surface area contributed by atoms with Crippen molar-refractivity contribution in [2.24, 2.45) is 5.41 Å². The maximum absolute atomic E-state index is 11.5. The third-order valence-corrected chi connectivity index (χ3v) is 2.09. The average Bonchev–Trinajstić information content (AvgIpc) is 2.15. The van der Waals surface area contributed by atoms with E-state index in [1.54, 1.807) is 0 Å². The van der Waals surface area contributed by atoms with Crippen molar-refractivity contribution < 1.29 is 9.53 Å². The number of carbonyl (C=O) groups is 1. The van der Waals surface area contributed by atoms with E-state index < -0.39 is 0 Å². The summed E-state index contributed by atoms with van der Waals surface area (Å²) in [6.07, 6.45) is 5.18. The molecule has 0 saturated carbocycles. The van der Waals surface area contributed by atoms with Gasteiger partial charge in [0.25, 0.3) is 0 Å². The second-order valence-corrected chi connectivity index (χ2v) is 4.61. The fourth-order valence-corrected chi connectivity index (χ4v) is 1.16. The van der Waals surface area contributed by atoms with Crippen molar-refractivity contribution in [3.05, 3.63) is 17.4 Å². The van der Waals surface area contributed by atoms with Crippen molar-refractivity contribution in [2.45, 2.75) is 47.0 Å². The molecule has 0 bridgehead atoms. The lowest BCUT2D eigenvalue weighted by molar-refractivity contribution is -0.137. The Morgan fingerprint density at radius 3 is 2.40 bits per heavy atom. The molecule has 0 N–H and O–H groups in total. The first-order valence-electron chi connectivity index (χ1n) is 5.47. The van der Waals surface area contributed by atoms with Gasteiger partial charge in [0.15, 0.2) is 0 Å². The highest BCUT2D eigenvalue weighted by atomic mass is 16.5. The van der Waals surface area contributed by atoms with E-state index in [0.29, 0.717) is 5.57 Å². The van der Waals surface area contributed by atoms with Crippen LogP contribution in [-0.2, 0) is 9.53 Å². The van der Waals surface area contributed by atoms with Gasteiger partial charge in [-0.1, -0.05) is 34.1 Å². The predicted octanol–water partition coefficient (Wildman–Crippen LogP) is 3.48. The zero-order valence-electron chi connectivity index (χ0n) is 10.5. The summed E-state index contributed by atoms with van der Waals surface area (Å²) >= 11 is 0. The molecule has 0 aliphatic carbocycles. The number of hydrogen-bond acceptors (Lipinski definition) is 2. The smallest absolute Gasteiger partial charge is 0.342 e. The molecule has 0 rings (SSSR count). The van der Waals surface area contributed by atoms with Gasteiger partial charge in [-0.2, -0.15) is 0 Å². The van der Waals surface area contributed by atoms with Crippen LogP contribution in [0.5, 0.6) is 0 Å². The number of carbonyl (C=O) groups excluding carboxylic acids is 1. The molecule has 0 fully saturated rings. The zero-order valence-corrected chi connectivity index (χ0v) is 10.5. The number of hydrogen-bond donors (Lipinski definition) is 0. The standard InChI is InChI=1S/C13H22O2/c1-6-7-8-9-10-11(12(14)15-5)13(2,3)4/h9H,6-8H2,1-5H3. The summed E-state index contributed by atoms with van der Waals surface area (Å²) in [6.45, 7) is 8.10. The number of methoxy groups -OCH3 is 1. The summed E-state index contributed by atoms with van der Waals surface area (Å²) in [4.78, 5) is 11.5. The topological polar surface area (TPSA) is 26.3 Å². The van der Waals surface area contributed by atoms with Crippen LogP contribution in [0.15, 0.2) is 17.4 Å². The summed E-state index contributed by atoms with van der Waals surface area (Å²) in [7, 11) is 1.40.